The molecule has 0 saturated heterocycles. The van der Waals surface area contributed by atoms with Crippen LogP contribution in [0.15, 0.2) is 69.6 Å². The molecule has 34 heavy (non-hydrogen) atoms. The fourth-order valence-electron chi connectivity index (χ4n) is 3.98. The monoisotopic (exact) mass is 494 g/mol. The van der Waals surface area contributed by atoms with Gasteiger partial charge in [0.05, 0.1) is 28.5 Å². The summed E-state index contributed by atoms with van der Waals surface area (Å²) in [5.41, 5.74) is 3.61. The molecule has 0 bridgehead atoms. The molecule has 0 spiro atoms. The lowest BCUT2D eigenvalue weighted by Crippen LogP contribution is -2.40. The van der Waals surface area contributed by atoms with Crippen LogP contribution in [0.4, 0.5) is 0 Å². The van der Waals surface area contributed by atoms with E-state index in [-0.39, 0.29) is 17.6 Å². The maximum Gasteiger partial charge on any atom is 0.338 e. The highest BCUT2D eigenvalue weighted by Crippen LogP contribution is 2.32. The Morgan fingerprint density at radius 3 is 2.38 bits per heavy atom. The van der Waals surface area contributed by atoms with Gasteiger partial charge in [-0.3, -0.25) is 9.36 Å². The summed E-state index contributed by atoms with van der Waals surface area (Å²) < 4.78 is 7.51. The van der Waals surface area contributed by atoms with Crippen LogP contribution in [0.3, 0.4) is 0 Å². The number of carbonyl (C=O) groups excluding carboxylic acids is 1. The molecule has 2 aromatic carbocycles. The van der Waals surface area contributed by atoms with Crippen LogP contribution in [0.1, 0.15) is 57.4 Å². The fourth-order valence-corrected chi connectivity index (χ4v) is 5.16. The molecule has 1 aliphatic heterocycles. The molecule has 0 unspecified atom stereocenters. The van der Waals surface area contributed by atoms with E-state index in [2.05, 4.69) is 37.9 Å². The highest BCUT2D eigenvalue weighted by molar-refractivity contribution is 7.07. The Labute approximate surface area is 207 Å². The maximum absolute atomic E-state index is 13.6. The van der Waals surface area contributed by atoms with Gasteiger partial charge in [0.1, 0.15) is 0 Å². The Morgan fingerprint density at radius 1 is 1.15 bits per heavy atom. The number of hydrogen-bond donors (Lipinski definition) is 0. The van der Waals surface area contributed by atoms with Gasteiger partial charge >= 0.3 is 5.97 Å². The van der Waals surface area contributed by atoms with Crippen LogP contribution in [0.2, 0.25) is 5.02 Å². The van der Waals surface area contributed by atoms with Gasteiger partial charge in [0.15, 0.2) is 4.80 Å². The van der Waals surface area contributed by atoms with Gasteiger partial charge in [-0.15, -0.1) is 0 Å². The van der Waals surface area contributed by atoms with Gasteiger partial charge in [-0.05, 0) is 54.2 Å². The number of rotatable bonds is 4. The van der Waals surface area contributed by atoms with Gasteiger partial charge in [0.25, 0.3) is 5.56 Å². The second-order valence-electron chi connectivity index (χ2n) is 9.23. The molecule has 1 aliphatic rings. The number of fused-ring (bicyclic) bond motifs is 1. The zero-order chi connectivity index (χ0) is 24.6. The van der Waals surface area contributed by atoms with Crippen LogP contribution >= 0.6 is 22.9 Å². The van der Waals surface area contributed by atoms with Crippen molar-refractivity contribution in [2.75, 3.05) is 6.61 Å². The average Bonchev–Trinajstić information content (AvgIpc) is 3.08. The summed E-state index contributed by atoms with van der Waals surface area (Å²) >= 11 is 7.31. The quantitative estimate of drug-likeness (QED) is 0.492. The summed E-state index contributed by atoms with van der Waals surface area (Å²) in [6.45, 7) is 10.2. The number of nitrogens with zero attached hydrogens (tertiary/aromatic N) is 2. The number of esters is 1. The summed E-state index contributed by atoms with van der Waals surface area (Å²) in [5, 5.41) is 0.631. The van der Waals surface area contributed by atoms with Gasteiger partial charge in [-0.2, -0.15) is 0 Å². The number of aromatic nitrogens is 1. The highest BCUT2D eigenvalue weighted by atomic mass is 35.5. The molecular formula is C27H27ClN2O3S. The first-order valence-electron chi connectivity index (χ1n) is 11.2. The van der Waals surface area contributed by atoms with Gasteiger partial charge in [0.2, 0.25) is 0 Å². The van der Waals surface area contributed by atoms with Crippen molar-refractivity contribution in [1.82, 2.24) is 4.57 Å². The second kappa shape index (κ2) is 9.35. The van der Waals surface area contributed by atoms with Crippen molar-refractivity contribution in [2.24, 2.45) is 4.99 Å². The zero-order valence-corrected chi connectivity index (χ0v) is 21.5. The van der Waals surface area contributed by atoms with Crippen molar-refractivity contribution >= 4 is 35.0 Å². The smallest absolute Gasteiger partial charge is 0.338 e. The minimum atomic E-state index is -0.614. The molecule has 0 N–H and O–H groups in total. The molecule has 7 heteroatoms. The summed E-state index contributed by atoms with van der Waals surface area (Å²) in [7, 11) is 0. The summed E-state index contributed by atoms with van der Waals surface area (Å²) in [6.07, 6.45) is 1.82. The molecule has 5 nitrogen and oxygen atoms in total. The maximum atomic E-state index is 13.6. The van der Waals surface area contributed by atoms with Crippen LogP contribution in [-0.4, -0.2) is 17.1 Å². The summed E-state index contributed by atoms with van der Waals surface area (Å²) in [6, 6.07) is 14.8. The number of halogens is 1. The van der Waals surface area contributed by atoms with Crippen molar-refractivity contribution in [2.45, 2.75) is 46.1 Å². The summed E-state index contributed by atoms with van der Waals surface area (Å²) in [4.78, 5) is 31.8. The van der Waals surface area contributed by atoms with Gasteiger partial charge in [0, 0.05) is 5.02 Å². The minimum Gasteiger partial charge on any atom is -0.463 e. The first-order chi connectivity index (χ1) is 16.1. The van der Waals surface area contributed by atoms with Crippen LogP contribution in [0.25, 0.3) is 6.08 Å². The van der Waals surface area contributed by atoms with E-state index in [1.54, 1.807) is 30.5 Å². The van der Waals surface area contributed by atoms with Crippen molar-refractivity contribution in [3.63, 3.8) is 0 Å². The third kappa shape index (κ3) is 4.65. The van der Waals surface area contributed by atoms with Crippen molar-refractivity contribution < 1.29 is 9.53 Å². The van der Waals surface area contributed by atoms with E-state index in [0.717, 1.165) is 11.1 Å². The predicted molar refractivity (Wildman–Crippen MR) is 137 cm³/mol. The number of allylic oxidation sites excluding steroid dienone is 1. The average molecular weight is 495 g/mol. The lowest BCUT2D eigenvalue weighted by molar-refractivity contribution is -0.139. The van der Waals surface area contributed by atoms with Crippen LogP contribution in [-0.2, 0) is 14.9 Å². The zero-order valence-electron chi connectivity index (χ0n) is 19.9. The first-order valence-corrected chi connectivity index (χ1v) is 12.3. The highest BCUT2D eigenvalue weighted by Gasteiger charge is 2.33. The molecule has 2 heterocycles. The molecule has 0 fully saturated rings. The lowest BCUT2D eigenvalue weighted by Gasteiger charge is -2.26. The molecule has 1 atom stereocenters. The third-order valence-corrected chi connectivity index (χ3v) is 7.01. The SMILES string of the molecule is CCOC(=O)C1=C(C)N=c2s/c(=C/c3ccc(Cl)cc3)c(=O)n2[C@@H]1c1ccc(C(C)(C)C)cc1. The number of carbonyl (C=O) groups is 1. The van der Waals surface area contributed by atoms with Gasteiger partial charge in [-0.25, -0.2) is 9.79 Å². The molecule has 3 aromatic rings. The standard InChI is InChI=1S/C27H27ClN2O3S/c1-6-33-25(32)22-16(2)29-26-30(23(22)18-9-11-19(12-10-18)27(3,4)5)24(31)21(34-26)15-17-7-13-20(28)14-8-17/h7-15,23H,6H2,1-5H3/b21-15+/t23-/m1/s1. The van der Waals surface area contributed by atoms with E-state index in [1.165, 1.54) is 16.9 Å². The molecule has 0 amide bonds. The molecule has 0 aliphatic carbocycles. The minimum absolute atomic E-state index is 0.0127. The molecule has 176 valence electrons. The van der Waals surface area contributed by atoms with E-state index < -0.39 is 12.0 Å². The first kappa shape index (κ1) is 24.2. The second-order valence-corrected chi connectivity index (χ2v) is 10.7. The molecule has 0 radical (unpaired) electrons. The fraction of sp³-hybridized carbons (Fsp3) is 0.296. The number of hydrogen-bond acceptors (Lipinski definition) is 5. The Bertz CT molecular complexity index is 1440. The van der Waals surface area contributed by atoms with Crippen molar-refractivity contribution in [3.05, 3.63) is 101 Å². The number of benzene rings is 2. The topological polar surface area (TPSA) is 60.7 Å². The number of thiazole rings is 1. The Morgan fingerprint density at radius 2 is 1.79 bits per heavy atom. The molecule has 1 aromatic heterocycles. The van der Waals surface area contributed by atoms with Crippen LogP contribution in [0, 0.1) is 0 Å². The normalized spacial score (nSPS) is 16.3. The van der Waals surface area contributed by atoms with Gasteiger partial charge < -0.3 is 4.74 Å². The molecule has 4 rings (SSSR count). The predicted octanol–water partition coefficient (Wildman–Crippen LogP) is 4.75. The van der Waals surface area contributed by atoms with E-state index >= 15 is 0 Å². The van der Waals surface area contributed by atoms with E-state index in [9.17, 15) is 9.59 Å². The Kier molecular flexibility index (Phi) is 6.65. The van der Waals surface area contributed by atoms with Crippen LogP contribution in [0.5, 0.6) is 0 Å². The van der Waals surface area contributed by atoms with E-state index in [4.69, 9.17) is 16.3 Å². The number of ether oxygens (including phenoxy) is 1. The summed E-state index contributed by atoms with van der Waals surface area (Å²) in [5.74, 6) is -0.458. The van der Waals surface area contributed by atoms with Gasteiger partial charge in [-0.1, -0.05) is 80.1 Å². The Hall–Kier alpha value is -2.96. The van der Waals surface area contributed by atoms with Crippen LogP contribution < -0.4 is 14.9 Å². The van der Waals surface area contributed by atoms with Crippen molar-refractivity contribution in [3.8, 4) is 0 Å². The van der Waals surface area contributed by atoms with E-state index in [1.807, 2.05) is 30.3 Å². The molecular weight excluding hydrogens is 468 g/mol. The third-order valence-electron chi connectivity index (χ3n) is 5.78. The molecule has 0 saturated carbocycles. The van der Waals surface area contributed by atoms with E-state index in [0.29, 0.717) is 25.6 Å². The largest absolute Gasteiger partial charge is 0.463 e. The lowest BCUT2D eigenvalue weighted by atomic mass is 9.85. The Balaban J connectivity index is 1.92. The van der Waals surface area contributed by atoms with Crippen molar-refractivity contribution in [1.29, 1.82) is 0 Å².